The second kappa shape index (κ2) is 4.51. The molecule has 6 heteroatoms. The molecule has 1 aliphatic rings. The highest BCUT2D eigenvalue weighted by molar-refractivity contribution is 7.11. The summed E-state index contributed by atoms with van der Waals surface area (Å²) in [5, 5.41) is 9.70. The normalized spacial score (nSPS) is 24.2. The van der Waals surface area contributed by atoms with E-state index in [1.54, 1.807) is 6.20 Å². The number of halogens is 3. The van der Waals surface area contributed by atoms with E-state index in [1.165, 1.54) is 23.5 Å². The van der Waals surface area contributed by atoms with Gasteiger partial charge in [0, 0.05) is 11.6 Å². The van der Waals surface area contributed by atoms with Crippen molar-refractivity contribution in [3.05, 3.63) is 39.9 Å². The molecule has 0 aromatic carbocycles. The lowest BCUT2D eigenvalue weighted by atomic mass is 9.82. The van der Waals surface area contributed by atoms with Gasteiger partial charge in [0.15, 0.2) is 0 Å². The van der Waals surface area contributed by atoms with Gasteiger partial charge in [0.1, 0.15) is 5.01 Å². The van der Waals surface area contributed by atoms with E-state index >= 15 is 0 Å². The second-order valence-corrected chi connectivity index (χ2v) is 5.52. The van der Waals surface area contributed by atoms with Crippen LogP contribution in [0.15, 0.2) is 30.0 Å². The fraction of sp³-hybridized carbons (Fsp3) is 0.417. The van der Waals surface area contributed by atoms with Crippen molar-refractivity contribution in [1.82, 2.24) is 4.98 Å². The van der Waals surface area contributed by atoms with Gasteiger partial charge in [-0.15, -0.1) is 11.3 Å². The van der Waals surface area contributed by atoms with E-state index in [-0.39, 0.29) is 13.0 Å². The molecule has 0 bridgehead atoms. The van der Waals surface area contributed by atoms with Gasteiger partial charge < -0.3 is 5.11 Å². The molecule has 0 saturated carbocycles. The zero-order valence-electron chi connectivity index (χ0n) is 9.66. The van der Waals surface area contributed by atoms with Crippen LogP contribution in [0.2, 0.25) is 0 Å². The molecule has 1 heterocycles. The number of hydrogen-bond donors (Lipinski definition) is 1. The van der Waals surface area contributed by atoms with E-state index in [0.717, 1.165) is 11.1 Å². The Morgan fingerprint density at radius 1 is 1.50 bits per heavy atom. The number of nitrogens with zero attached hydrogens (tertiary/aromatic N) is 1. The first-order valence-electron chi connectivity index (χ1n) is 5.38. The molecule has 0 saturated heterocycles. The first-order valence-corrected chi connectivity index (χ1v) is 6.19. The smallest absolute Gasteiger partial charge is 0.391 e. The molecule has 1 aromatic heterocycles. The number of hydrogen-bond acceptors (Lipinski definition) is 3. The van der Waals surface area contributed by atoms with Crippen molar-refractivity contribution in [2.45, 2.75) is 31.5 Å². The Balaban J connectivity index is 2.22. The van der Waals surface area contributed by atoms with Gasteiger partial charge in [-0.3, -0.25) is 0 Å². The molecule has 0 aliphatic heterocycles. The zero-order chi connectivity index (χ0) is 13.4. The van der Waals surface area contributed by atoms with Crippen molar-refractivity contribution >= 4 is 11.3 Å². The van der Waals surface area contributed by atoms with Crippen molar-refractivity contribution in [3.8, 4) is 0 Å². The third kappa shape index (κ3) is 2.49. The third-order valence-electron chi connectivity index (χ3n) is 2.90. The molecule has 0 amide bonds. The van der Waals surface area contributed by atoms with Crippen LogP contribution in [0.25, 0.3) is 0 Å². The van der Waals surface area contributed by atoms with Gasteiger partial charge in [-0.05, 0) is 13.3 Å². The molecule has 18 heavy (non-hydrogen) atoms. The van der Waals surface area contributed by atoms with E-state index in [4.69, 9.17) is 5.11 Å². The molecule has 0 spiro atoms. The van der Waals surface area contributed by atoms with Crippen molar-refractivity contribution in [3.63, 3.8) is 0 Å². The first kappa shape index (κ1) is 13.3. The quantitative estimate of drug-likeness (QED) is 0.898. The van der Waals surface area contributed by atoms with Crippen LogP contribution in [-0.2, 0) is 12.0 Å². The Bertz CT molecular complexity index is 504. The highest BCUT2D eigenvalue weighted by Gasteiger charge is 2.36. The van der Waals surface area contributed by atoms with Crippen molar-refractivity contribution in [2.75, 3.05) is 0 Å². The molecule has 1 aliphatic carbocycles. The number of allylic oxidation sites excluding steroid dienone is 4. The van der Waals surface area contributed by atoms with Crippen LogP contribution in [0.4, 0.5) is 13.2 Å². The molecule has 0 radical (unpaired) electrons. The zero-order valence-corrected chi connectivity index (χ0v) is 10.5. The molecule has 0 fully saturated rings. The van der Waals surface area contributed by atoms with Crippen LogP contribution >= 0.6 is 11.3 Å². The SMILES string of the molecule is CC1(c2ncc(CO)s2)C=CC(C(F)(F)F)=CC1. The largest absolute Gasteiger partial charge is 0.416 e. The predicted molar refractivity (Wildman–Crippen MR) is 63.3 cm³/mol. The van der Waals surface area contributed by atoms with Gasteiger partial charge in [0.2, 0.25) is 0 Å². The molecular formula is C12H12F3NOS. The number of alkyl halides is 3. The van der Waals surface area contributed by atoms with E-state index < -0.39 is 17.2 Å². The first-order chi connectivity index (χ1) is 8.35. The van der Waals surface area contributed by atoms with Crippen LogP contribution in [0, 0.1) is 0 Å². The maximum absolute atomic E-state index is 12.5. The van der Waals surface area contributed by atoms with Crippen LogP contribution < -0.4 is 0 Å². The molecule has 98 valence electrons. The average Bonchev–Trinajstić information content (AvgIpc) is 2.77. The monoisotopic (exact) mass is 275 g/mol. The van der Waals surface area contributed by atoms with Crippen LogP contribution in [-0.4, -0.2) is 16.3 Å². The van der Waals surface area contributed by atoms with Crippen molar-refractivity contribution in [1.29, 1.82) is 0 Å². The summed E-state index contributed by atoms with van der Waals surface area (Å²) in [7, 11) is 0. The molecule has 1 aromatic rings. The molecule has 2 nitrogen and oxygen atoms in total. The molecule has 1 atom stereocenters. The molecule has 2 rings (SSSR count). The van der Waals surface area contributed by atoms with Crippen LogP contribution in [0.3, 0.4) is 0 Å². The number of aliphatic hydroxyl groups excluding tert-OH is 1. The highest BCUT2D eigenvalue weighted by atomic mass is 32.1. The number of rotatable bonds is 2. The molecule has 1 unspecified atom stereocenters. The van der Waals surface area contributed by atoms with E-state index in [9.17, 15) is 13.2 Å². The second-order valence-electron chi connectivity index (χ2n) is 4.40. The minimum atomic E-state index is -4.29. The number of aromatic nitrogens is 1. The molecular weight excluding hydrogens is 263 g/mol. The van der Waals surface area contributed by atoms with E-state index in [2.05, 4.69) is 4.98 Å². The summed E-state index contributed by atoms with van der Waals surface area (Å²) in [6.07, 6.45) is 1.36. The summed E-state index contributed by atoms with van der Waals surface area (Å²) >= 11 is 1.32. The summed E-state index contributed by atoms with van der Waals surface area (Å²) < 4.78 is 37.5. The topological polar surface area (TPSA) is 33.1 Å². The van der Waals surface area contributed by atoms with Gasteiger partial charge in [-0.1, -0.05) is 18.2 Å². The fourth-order valence-corrected chi connectivity index (χ4v) is 2.65. The van der Waals surface area contributed by atoms with Gasteiger partial charge in [-0.2, -0.15) is 13.2 Å². The maximum atomic E-state index is 12.5. The Labute approximate surface area is 106 Å². The third-order valence-corrected chi connectivity index (χ3v) is 4.16. The van der Waals surface area contributed by atoms with Gasteiger partial charge >= 0.3 is 6.18 Å². The van der Waals surface area contributed by atoms with E-state index in [0.29, 0.717) is 4.88 Å². The van der Waals surface area contributed by atoms with Crippen molar-refractivity contribution < 1.29 is 18.3 Å². The summed E-state index contributed by atoms with van der Waals surface area (Å²) in [5.74, 6) is 0. The Hall–Kier alpha value is -1.14. The highest BCUT2D eigenvalue weighted by Crippen LogP contribution is 2.39. The van der Waals surface area contributed by atoms with Gasteiger partial charge in [0.05, 0.1) is 17.1 Å². The minimum absolute atomic E-state index is 0.0961. The molecule has 1 N–H and O–H groups in total. The minimum Gasteiger partial charge on any atom is -0.391 e. The lowest BCUT2D eigenvalue weighted by molar-refractivity contribution is -0.0887. The lowest BCUT2D eigenvalue weighted by Crippen LogP contribution is -2.23. The van der Waals surface area contributed by atoms with Gasteiger partial charge in [0.25, 0.3) is 0 Å². The fourth-order valence-electron chi connectivity index (χ4n) is 1.75. The maximum Gasteiger partial charge on any atom is 0.416 e. The summed E-state index contributed by atoms with van der Waals surface area (Å²) in [4.78, 5) is 4.88. The van der Waals surface area contributed by atoms with Crippen molar-refractivity contribution in [2.24, 2.45) is 0 Å². The Morgan fingerprint density at radius 2 is 2.22 bits per heavy atom. The van der Waals surface area contributed by atoms with Gasteiger partial charge in [-0.25, -0.2) is 4.98 Å². The Kier molecular flexibility index (Phi) is 3.33. The van der Waals surface area contributed by atoms with Crippen LogP contribution in [0.5, 0.6) is 0 Å². The lowest BCUT2D eigenvalue weighted by Gasteiger charge is -2.26. The summed E-state index contributed by atoms with van der Waals surface area (Å²) in [6, 6.07) is 0. The van der Waals surface area contributed by atoms with E-state index in [1.807, 2.05) is 6.92 Å². The average molecular weight is 275 g/mol. The van der Waals surface area contributed by atoms with Crippen LogP contribution in [0.1, 0.15) is 23.2 Å². The standard InChI is InChI=1S/C12H12F3NOS/c1-11(10-16-6-9(7-17)18-10)4-2-8(3-5-11)12(13,14)15/h2-4,6,17H,5,7H2,1H3. The number of thiazole rings is 1. The summed E-state index contributed by atoms with van der Waals surface area (Å²) in [6.45, 7) is 1.74. The Morgan fingerprint density at radius 3 is 2.67 bits per heavy atom. The number of aliphatic hydroxyl groups is 1. The summed E-state index contributed by atoms with van der Waals surface area (Å²) in [5.41, 5.74) is -1.13. The predicted octanol–water partition coefficient (Wildman–Crippen LogP) is 3.34.